The van der Waals surface area contributed by atoms with Crippen LogP contribution in [0.5, 0.6) is 0 Å². The van der Waals surface area contributed by atoms with Gasteiger partial charge in [0.2, 0.25) is 0 Å². The number of nitrogens with two attached hydrogens (primary N) is 10. The molecule has 148 heavy (non-hydrogen) atoms. The van der Waals surface area contributed by atoms with E-state index in [9.17, 15) is 0 Å². The largest absolute Gasteiger partial charge is 0.384 e. The van der Waals surface area contributed by atoms with Crippen molar-refractivity contribution in [3.8, 4) is 0 Å². The van der Waals surface area contributed by atoms with Gasteiger partial charge in [-0.25, -0.2) is 34.9 Å². The molecule has 43 nitrogen and oxygen atoms in total. The second-order valence-electron chi connectivity index (χ2n) is 37.7. The number of morpholine rings is 2. The van der Waals surface area contributed by atoms with Crippen molar-refractivity contribution in [2.45, 2.75) is 117 Å². The lowest BCUT2D eigenvalue weighted by Gasteiger charge is -2.29. The fourth-order valence-electron chi connectivity index (χ4n) is 19.3. The van der Waals surface area contributed by atoms with Crippen molar-refractivity contribution in [1.29, 1.82) is 0 Å². The van der Waals surface area contributed by atoms with Crippen molar-refractivity contribution in [3.63, 3.8) is 0 Å². The average Bonchev–Trinajstić information content (AvgIpc) is 1.62. The number of ether oxygens (including phenoxy) is 2. The number of rotatable bonds is 15. The normalized spacial score (nSPS) is 20.0. The standard InChI is InChI=1S/C19H21N5.C16H17BrN6S.2C16H24N6O.C10H12Br2N6.C10H12BrClN6.C10H12Cl2N6/c20-18-11-17(15-7-4-10-21-12-15)23-19-16(13-22-24(18)19)9-8-14-5-2-1-3-6-14;17-13-14(19)23-15(21-16(13)22-7-6-10(18)9-22)12(8-20-23)24-11-4-2-1-3-5-11;2*17-15-8-14(12-2-1-3-18-9-12)20-16-13(10-19-22(15)16)11-21-4-6-23-7-5-21;11-6-5-15-18-8(13)7(12)10(16-9(6)18)17-3-1-14-2-4-17;11-7-8(14)18-9(6(12)3-15-18)16-10(7)17-2-1-5(13)4-17;11-6-3-15-18-8(14)7(12)10(16-9(6)18)17-2-1-5(13)4-17/h1-3,5-6,8-9,11,13,15,21H,4,7,10,12,20H2;1-5,8,10H,6-7,9,18-19H2;2*8,10,12,18H,1-7,9,11,17H2;5,14H,1-4,13H2;2*3,5H,1-2,4,13-14H2/b9-8+;;;;;;/t;10-;;;;2*5-/m.0...00/s1. The molecule has 6 atom stereocenters. The summed E-state index contributed by atoms with van der Waals surface area (Å²) >= 11 is 33.9. The van der Waals surface area contributed by atoms with Gasteiger partial charge in [0.1, 0.15) is 86.7 Å². The lowest BCUT2D eigenvalue weighted by atomic mass is 9.96. The van der Waals surface area contributed by atoms with E-state index in [0.29, 0.717) is 97.2 Å². The second kappa shape index (κ2) is 48.5. The Bertz CT molecular complexity index is 6950. The minimum absolute atomic E-state index is 0.140. The van der Waals surface area contributed by atoms with Crippen molar-refractivity contribution in [3.05, 3.63) is 195 Å². The number of nitrogens with zero attached hydrogens (tertiary/aromatic N) is 27. The van der Waals surface area contributed by atoms with Gasteiger partial charge < -0.3 is 108 Å². The van der Waals surface area contributed by atoms with Crippen molar-refractivity contribution in [2.24, 2.45) is 17.2 Å². The summed E-state index contributed by atoms with van der Waals surface area (Å²) < 4.78 is 25.5. The Hall–Kier alpha value is -11.0. The van der Waals surface area contributed by atoms with Crippen LogP contribution in [0, 0.1) is 0 Å². The third kappa shape index (κ3) is 24.3. The zero-order valence-corrected chi connectivity index (χ0v) is 91.1. The van der Waals surface area contributed by atoms with Crippen molar-refractivity contribution >= 4 is 226 Å². The summed E-state index contributed by atoms with van der Waals surface area (Å²) in [6.07, 6.45) is 26.2. The molecule has 9 aliphatic rings. The molecule has 0 bridgehead atoms. The summed E-state index contributed by atoms with van der Waals surface area (Å²) in [4.78, 5) is 48.5. The first kappa shape index (κ1) is 105. The van der Waals surface area contributed by atoms with Gasteiger partial charge in [-0.2, -0.15) is 67.3 Å². The number of piperidine rings is 3. The number of aromatic nitrogens is 21. The second-order valence-corrected chi connectivity index (χ2v) is 43.3. The third-order valence-corrected chi connectivity index (χ3v) is 32.1. The van der Waals surface area contributed by atoms with Crippen LogP contribution in [0.15, 0.2) is 150 Å². The van der Waals surface area contributed by atoms with E-state index in [-0.39, 0.29) is 18.1 Å². The van der Waals surface area contributed by atoms with Gasteiger partial charge in [0.05, 0.1) is 96.3 Å². The molecule has 0 radical (unpaired) electrons. The Morgan fingerprint density at radius 1 is 0.372 bits per heavy atom. The van der Waals surface area contributed by atoms with Crippen LogP contribution in [0.1, 0.15) is 115 Å². The fraction of sp³-hybridized carbons (Fsp3) is 0.423. The van der Waals surface area contributed by atoms with E-state index in [1.807, 2.05) is 90.4 Å². The molecular formula is C97H122Br4Cl3N41O2S. The van der Waals surface area contributed by atoms with Gasteiger partial charge in [-0.05, 0) is 165 Å². The number of halogens is 7. The first-order valence-corrected chi connectivity index (χ1v) is 54.9. The lowest BCUT2D eigenvalue weighted by Crippen LogP contribution is -2.44. The Morgan fingerprint density at radius 3 is 1.23 bits per heavy atom. The topological polar surface area (TPSA) is 558 Å². The highest BCUT2D eigenvalue weighted by atomic mass is 79.9. The van der Waals surface area contributed by atoms with Gasteiger partial charge in [0.15, 0.2) is 45.3 Å². The predicted molar refractivity (Wildman–Crippen MR) is 600 cm³/mol. The summed E-state index contributed by atoms with van der Waals surface area (Å²) in [6, 6.07) is 26.8. The maximum absolute atomic E-state index is 6.27. The highest BCUT2D eigenvalue weighted by Crippen LogP contribution is 2.41. The van der Waals surface area contributed by atoms with Crippen LogP contribution in [0.3, 0.4) is 0 Å². The van der Waals surface area contributed by atoms with Crippen molar-refractivity contribution < 1.29 is 9.47 Å². The van der Waals surface area contributed by atoms with E-state index in [1.54, 1.807) is 40.5 Å². The number of nitrogens with one attached hydrogen (secondary N) is 4. The number of hydrogen-bond donors (Lipinski definition) is 14. The Morgan fingerprint density at radius 2 is 0.764 bits per heavy atom. The van der Waals surface area contributed by atoms with Crippen LogP contribution >= 0.6 is 110 Å². The molecule has 9 aliphatic heterocycles. The van der Waals surface area contributed by atoms with Gasteiger partial charge in [-0.1, -0.05) is 101 Å². The van der Waals surface area contributed by atoms with E-state index in [1.165, 1.54) is 53.5 Å². The SMILES string of the molecule is Nc1c(Br)c(N2CCNCC2)nc2c(Br)cnn12.Nc1c(Br)c(N2CC[C@H](N)C2)nc2c(Cl)cnn12.Nc1c(Br)c(N2CC[C@H](N)C2)nc2c(Sc3ccccc3)cnn12.Nc1c(Cl)c(N2CC[C@H](N)C2)nc2c(Cl)cnn12.Nc1cc(C2CCCNC2)nc2c(/C=C/c3ccccc3)cnn12.Nc1cc(C2CCCNC2)nc2c(CN3CCOCC3)cnn12.Nc1cc(C2CCCNC2)nc2c(CN3CCOCC3)cnn12. The number of piperazine rings is 1. The lowest BCUT2D eigenvalue weighted by molar-refractivity contribution is 0.0343. The number of hydrogen-bond acceptors (Lipinski definition) is 37. The molecule has 24 N–H and O–H groups in total. The molecule has 3 unspecified atom stereocenters. The molecule has 16 aromatic rings. The number of nitrogen functional groups attached to an aromatic ring is 7. The van der Waals surface area contributed by atoms with Crippen LogP contribution in [-0.4, -0.2) is 287 Å². The molecule has 9 saturated heterocycles. The van der Waals surface area contributed by atoms with Crippen LogP contribution in [0.4, 0.5) is 64.0 Å². The monoisotopic (exact) mass is 2350 g/mol. The molecular weight excluding hydrogens is 2230 g/mol. The number of fused-ring (bicyclic) bond motifs is 7. The fourth-order valence-corrected chi connectivity index (χ4v) is 22.6. The maximum Gasteiger partial charge on any atom is 0.178 e. The molecule has 9 fully saturated rings. The van der Waals surface area contributed by atoms with E-state index < -0.39 is 0 Å². The summed E-state index contributed by atoms with van der Waals surface area (Å²) in [5, 5.41) is 44.9. The third-order valence-electron chi connectivity index (χ3n) is 27.3. The first-order chi connectivity index (χ1) is 71.9. The smallest absolute Gasteiger partial charge is 0.178 e. The summed E-state index contributed by atoms with van der Waals surface area (Å²) in [5.74, 6) is 8.35. The molecule has 0 amide bonds. The van der Waals surface area contributed by atoms with Crippen molar-refractivity contribution in [1.82, 2.24) is 133 Å². The number of benzene rings is 2. The van der Waals surface area contributed by atoms with E-state index >= 15 is 0 Å². The average molecular weight is 2350 g/mol. The van der Waals surface area contributed by atoms with Gasteiger partial charge in [0, 0.05) is 200 Å². The zero-order chi connectivity index (χ0) is 103. The molecule has 782 valence electrons. The van der Waals surface area contributed by atoms with Gasteiger partial charge in [-0.3, -0.25) is 9.80 Å². The number of anilines is 11. The van der Waals surface area contributed by atoms with Crippen LogP contribution in [0.25, 0.3) is 51.7 Å². The Labute approximate surface area is 906 Å². The van der Waals surface area contributed by atoms with Gasteiger partial charge >= 0.3 is 0 Å². The molecule has 0 saturated carbocycles. The van der Waals surface area contributed by atoms with E-state index in [0.717, 1.165) is 302 Å². The zero-order valence-electron chi connectivity index (χ0n) is 81.6. The van der Waals surface area contributed by atoms with Gasteiger partial charge in [0.25, 0.3) is 0 Å². The van der Waals surface area contributed by atoms with Crippen LogP contribution < -0.4 is 98.2 Å². The van der Waals surface area contributed by atoms with Crippen LogP contribution in [0.2, 0.25) is 15.1 Å². The highest BCUT2D eigenvalue weighted by Gasteiger charge is 2.33. The molecule has 25 rings (SSSR count). The minimum Gasteiger partial charge on any atom is -0.384 e. The summed E-state index contributed by atoms with van der Waals surface area (Å²) in [5.41, 5.74) is 73.7. The van der Waals surface area contributed by atoms with Gasteiger partial charge in [-0.15, -0.1) is 0 Å². The van der Waals surface area contributed by atoms with Crippen molar-refractivity contribution in [2.75, 3.05) is 217 Å². The maximum atomic E-state index is 6.27. The Kier molecular flexibility index (Phi) is 34.6. The Balaban J connectivity index is 0.000000109. The van der Waals surface area contributed by atoms with Crippen LogP contribution in [-0.2, 0) is 22.6 Å². The molecule has 0 spiro atoms. The van der Waals surface area contributed by atoms with E-state index in [4.69, 9.17) is 122 Å². The predicted octanol–water partition coefficient (Wildman–Crippen LogP) is 10.6. The summed E-state index contributed by atoms with van der Waals surface area (Å²) in [7, 11) is 0. The molecule has 51 heteroatoms. The molecule has 23 heterocycles. The summed E-state index contributed by atoms with van der Waals surface area (Å²) in [6.45, 7) is 23.6. The highest BCUT2D eigenvalue weighted by molar-refractivity contribution is 9.11. The first-order valence-electron chi connectivity index (χ1n) is 49.7. The molecule has 2 aromatic carbocycles. The van der Waals surface area contributed by atoms with E-state index in [2.05, 4.69) is 190 Å². The minimum atomic E-state index is 0.140. The quantitative estimate of drug-likeness (QED) is 0.0453. The molecule has 0 aliphatic carbocycles. The molecule has 14 aromatic heterocycles.